The van der Waals surface area contributed by atoms with Gasteiger partial charge in [0.2, 0.25) is 5.91 Å². The molecule has 0 saturated heterocycles. The summed E-state index contributed by atoms with van der Waals surface area (Å²) < 4.78 is 13.9. The van der Waals surface area contributed by atoms with Gasteiger partial charge in [0.15, 0.2) is 5.82 Å². The van der Waals surface area contributed by atoms with Crippen molar-refractivity contribution in [1.29, 1.82) is 0 Å². The summed E-state index contributed by atoms with van der Waals surface area (Å²) in [6.45, 7) is 4.00. The number of fused-ring (bicyclic) bond motifs is 3. The molecule has 1 heterocycles. The van der Waals surface area contributed by atoms with Crippen molar-refractivity contribution in [3.8, 4) is 11.3 Å². The second kappa shape index (κ2) is 7.89. The first-order valence-corrected chi connectivity index (χ1v) is 12.9. The van der Waals surface area contributed by atoms with Crippen molar-refractivity contribution in [3.63, 3.8) is 0 Å². The third kappa shape index (κ3) is 3.77. The third-order valence-corrected chi connectivity index (χ3v) is 9.00. The van der Waals surface area contributed by atoms with E-state index in [1.807, 2.05) is 19.9 Å². The van der Waals surface area contributed by atoms with E-state index in [0.29, 0.717) is 11.2 Å². The summed E-state index contributed by atoms with van der Waals surface area (Å²) >= 11 is 0. The van der Waals surface area contributed by atoms with Crippen LogP contribution in [0.15, 0.2) is 18.2 Å². The first-order chi connectivity index (χ1) is 15.9. The van der Waals surface area contributed by atoms with Crippen molar-refractivity contribution in [1.82, 2.24) is 9.97 Å². The van der Waals surface area contributed by atoms with Gasteiger partial charge in [0.05, 0.1) is 17.1 Å². The Labute approximate surface area is 195 Å². The van der Waals surface area contributed by atoms with Gasteiger partial charge >= 0.3 is 0 Å². The molecule has 4 saturated carbocycles. The molecule has 5 aliphatic carbocycles. The number of anilines is 1. The van der Waals surface area contributed by atoms with Gasteiger partial charge in [-0.1, -0.05) is 13.8 Å². The Kier molecular flexibility index (Phi) is 5.08. The van der Waals surface area contributed by atoms with E-state index in [2.05, 4.69) is 5.32 Å². The van der Waals surface area contributed by atoms with Gasteiger partial charge in [-0.15, -0.1) is 0 Å². The predicted molar refractivity (Wildman–Crippen MR) is 127 cm³/mol. The summed E-state index contributed by atoms with van der Waals surface area (Å²) in [5.74, 6) is 3.03. The Bertz CT molecular complexity index is 1080. The first-order valence-electron chi connectivity index (χ1n) is 12.9. The van der Waals surface area contributed by atoms with Gasteiger partial charge in [-0.25, -0.2) is 14.4 Å². The van der Waals surface area contributed by atoms with Crippen LogP contribution in [-0.2, 0) is 24.1 Å². The maximum Gasteiger partial charge on any atom is 0.228 e. The van der Waals surface area contributed by atoms with E-state index in [1.54, 1.807) is 6.07 Å². The Balaban J connectivity index is 1.41. The molecule has 5 aliphatic rings. The largest absolute Gasteiger partial charge is 0.309 e. The van der Waals surface area contributed by atoms with E-state index in [9.17, 15) is 9.18 Å². The molecule has 2 aromatic rings. The Morgan fingerprint density at radius 1 is 1.12 bits per heavy atom. The zero-order valence-electron chi connectivity index (χ0n) is 19.8. The lowest BCUT2D eigenvalue weighted by Gasteiger charge is -2.57. The number of carbonyl (C=O) groups is 1. The number of hydrogen-bond donors (Lipinski definition) is 1. The van der Waals surface area contributed by atoms with Gasteiger partial charge < -0.3 is 5.32 Å². The van der Waals surface area contributed by atoms with Crippen LogP contribution in [0.3, 0.4) is 0 Å². The summed E-state index contributed by atoms with van der Waals surface area (Å²) in [6.07, 6.45) is 11.3. The zero-order valence-corrected chi connectivity index (χ0v) is 19.8. The Morgan fingerprint density at radius 3 is 2.48 bits per heavy atom. The minimum absolute atomic E-state index is 0.0248. The molecular formula is C28H34FN3O. The molecule has 0 aliphatic heterocycles. The maximum atomic E-state index is 13.9. The highest BCUT2D eigenvalue weighted by atomic mass is 19.1. The van der Waals surface area contributed by atoms with Gasteiger partial charge in [0, 0.05) is 11.5 Å². The molecule has 1 amide bonds. The second-order valence-corrected chi connectivity index (χ2v) is 11.5. The molecule has 0 spiro atoms. The van der Waals surface area contributed by atoms with Gasteiger partial charge in [-0.05, 0) is 111 Å². The summed E-state index contributed by atoms with van der Waals surface area (Å²) in [7, 11) is 0. The number of halogens is 1. The lowest BCUT2D eigenvalue weighted by molar-refractivity contribution is -0.119. The van der Waals surface area contributed by atoms with Crippen LogP contribution in [0.1, 0.15) is 75.7 Å². The number of aromatic nitrogens is 2. The van der Waals surface area contributed by atoms with Crippen LogP contribution in [0.5, 0.6) is 0 Å². The van der Waals surface area contributed by atoms with Crippen molar-refractivity contribution in [3.05, 3.63) is 41.0 Å². The van der Waals surface area contributed by atoms with E-state index >= 15 is 0 Å². The lowest BCUT2D eigenvalue weighted by Crippen LogP contribution is -2.47. The molecule has 5 heteroatoms. The first kappa shape index (κ1) is 21.2. The van der Waals surface area contributed by atoms with Gasteiger partial charge in [-0.2, -0.15) is 0 Å². The monoisotopic (exact) mass is 447 g/mol. The highest BCUT2D eigenvalue weighted by Gasteiger charge is 2.51. The molecule has 1 unspecified atom stereocenters. The molecule has 4 bridgehead atoms. The lowest BCUT2D eigenvalue weighted by atomic mass is 9.48. The quantitative estimate of drug-likeness (QED) is 0.600. The Morgan fingerprint density at radius 2 is 1.82 bits per heavy atom. The Hall–Kier alpha value is -2.30. The SMILES string of the molecule is CCC(C)C(=O)Nc1nc2c(nc1CC13CC4CC(CC(C4)C1)C3)-c1ccc(F)cc1CC2. The predicted octanol–water partition coefficient (Wildman–Crippen LogP) is 6.12. The summed E-state index contributed by atoms with van der Waals surface area (Å²) in [4.78, 5) is 23.0. The molecule has 4 nitrogen and oxygen atoms in total. The van der Waals surface area contributed by atoms with Gasteiger partial charge in [-0.3, -0.25) is 4.79 Å². The molecule has 0 radical (unpaired) electrons. The van der Waals surface area contributed by atoms with Gasteiger partial charge in [0.25, 0.3) is 0 Å². The number of hydrogen-bond acceptors (Lipinski definition) is 3. The fourth-order valence-corrected chi connectivity index (χ4v) is 7.66. The van der Waals surface area contributed by atoms with E-state index in [-0.39, 0.29) is 17.6 Å². The van der Waals surface area contributed by atoms with Crippen molar-refractivity contribution >= 4 is 11.7 Å². The number of benzene rings is 1. The standard InChI is InChI=1S/C28H34FN3O/c1-3-16(2)27(33)32-26-24(15-28-12-17-8-18(13-28)10-19(9-17)14-28)30-25-22-6-5-21(29)11-20(22)4-7-23(25)31-26/h5-6,11,16-19H,3-4,7-10,12-15H2,1-2H3,(H,31,32,33). The molecule has 33 heavy (non-hydrogen) atoms. The molecule has 1 aromatic carbocycles. The number of carbonyl (C=O) groups excluding carboxylic acids is 1. The van der Waals surface area contributed by atoms with Crippen molar-refractivity contribution in [2.75, 3.05) is 5.32 Å². The average Bonchev–Trinajstić information content (AvgIpc) is 2.77. The molecule has 174 valence electrons. The van der Waals surface area contributed by atoms with Crippen LogP contribution < -0.4 is 5.32 Å². The van der Waals surface area contributed by atoms with Crippen LogP contribution in [0.4, 0.5) is 10.2 Å². The number of rotatable bonds is 5. The zero-order chi connectivity index (χ0) is 22.7. The summed E-state index contributed by atoms with van der Waals surface area (Å²) in [6, 6.07) is 5.01. The normalized spacial score (nSPS) is 30.0. The van der Waals surface area contributed by atoms with E-state index in [4.69, 9.17) is 9.97 Å². The highest BCUT2D eigenvalue weighted by molar-refractivity contribution is 5.92. The van der Waals surface area contributed by atoms with Crippen LogP contribution in [0.25, 0.3) is 11.3 Å². The minimum atomic E-state index is -0.198. The molecule has 1 N–H and O–H groups in total. The minimum Gasteiger partial charge on any atom is -0.309 e. The van der Waals surface area contributed by atoms with Crippen molar-refractivity contribution in [2.45, 2.75) is 78.1 Å². The average molecular weight is 448 g/mol. The molecule has 1 atom stereocenters. The second-order valence-electron chi connectivity index (χ2n) is 11.5. The number of amides is 1. The van der Waals surface area contributed by atoms with Crippen LogP contribution in [0, 0.1) is 34.9 Å². The smallest absolute Gasteiger partial charge is 0.228 e. The number of aryl methyl sites for hydroxylation is 2. The van der Waals surface area contributed by atoms with Crippen LogP contribution in [-0.4, -0.2) is 15.9 Å². The van der Waals surface area contributed by atoms with E-state index in [0.717, 1.165) is 71.6 Å². The third-order valence-electron chi connectivity index (χ3n) is 9.00. The topological polar surface area (TPSA) is 54.9 Å². The molecule has 1 aromatic heterocycles. The summed E-state index contributed by atoms with van der Waals surface area (Å²) in [5.41, 5.74) is 5.05. The number of nitrogens with zero attached hydrogens (tertiary/aromatic N) is 2. The van der Waals surface area contributed by atoms with Crippen LogP contribution >= 0.6 is 0 Å². The molecular weight excluding hydrogens is 413 g/mol. The van der Waals surface area contributed by atoms with Crippen molar-refractivity contribution < 1.29 is 9.18 Å². The summed E-state index contributed by atoms with van der Waals surface area (Å²) in [5, 5.41) is 3.15. The van der Waals surface area contributed by atoms with E-state index < -0.39 is 0 Å². The number of nitrogens with one attached hydrogen (secondary N) is 1. The van der Waals surface area contributed by atoms with Crippen LogP contribution in [0.2, 0.25) is 0 Å². The maximum absolute atomic E-state index is 13.9. The molecule has 4 fully saturated rings. The highest BCUT2D eigenvalue weighted by Crippen LogP contribution is 2.61. The molecule has 7 rings (SSSR count). The van der Waals surface area contributed by atoms with Gasteiger partial charge in [0.1, 0.15) is 5.82 Å². The van der Waals surface area contributed by atoms with Crippen molar-refractivity contribution in [2.24, 2.45) is 29.1 Å². The fourth-order valence-electron chi connectivity index (χ4n) is 7.66. The van der Waals surface area contributed by atoms with E-state index in [1.165, 1.54) is 44.6 Å². The fraction of sp³-hybridized carbons (Fsp3) is 0.607.